The lowest BCUT2D eigenvalue weighted by Crippen LogP contribution is -2.44. The molecule has 17 heavy (non-hydrogen) atoms. The Kier molecular flexibility index (Phi) is 3.95. The van der Waals surface area contributed by atoms with Gasteiger partial charge in [-0.25, -0.2) is 4.39 Å². The van der Waals surface area contributed by atoms with Crippen molar-refractivity contribution in [1.82, 2.24) is 5.32 Å². The Bertz CT molecular complexity index is 382. The van der Waals surface area contributed by atoms with Gasteiger partial charge in [0, 0.05) is 12.1 Å². The number of hydrogen-bond donors (Lipinski definition) is 1. The normalized spacial score (nSPS) is 25.1. The standard InChI is InChI=1S/C15H20FN/c1-3-5-11(2)17-15-9-13(10-15)12-6-4-7-14(16)8-12/h3-4,6-8,11,13,15,17H,1,5,9-10H2,2H3. The zero-order valence-corrected chi connectivity index (χ0v) is 10.3. The van der Waals surface area contributed by atoms with E-state index in [0.717, 1.165) is 24.8 Å². The maximum Gasteiger partial charge on any atom is 0.123 e. The maximum absolute atomic E-state index is 13.1. The molecule has 1 aromatic carbocycles. The zero-order valence-electron chi connectivity index (χ0n) is 10.3. The van der Waals surface area contributed by atoms with Crippen molar-refractivity contribution in [2.75, 3.05) is 0 Å². The van der Waals surface area contributed by atoms with E-state index in [1.54, 1.807) is 12.1 Å². The van der Waals surface area contributed by atoms with Gasteiger partial charge in [0.1, 0.15) is 5.82 Å². The molecule has 0 saturated heterocycles. The lowest BCUT2D eigenvalue weighted by atomic mass is 9.75. The molecule has 1 N–H and O–H groups in total. The Hall–Kier alpha value is -1.15. The molecule has 0 spiro atoms. The molecule has 0 radical (unpaired) electrons. The predicted octanol–water partition coefficient (Wildman–Crippen LogP) is 3.63. The largest absolute Gasteiger partial charge is 0.311 e. The summed E-state index contributed by atoms with van der Waals surface area (Å²) in [6.45, 7) is 5.92. The Morgan fingerprint density at radius 1 is 1.53 bits per heavy atom. The van der Waals surface area contributed by atoms with Crippen LogP contribution >= 0.6 is 0 Å². The lowest BCUT2D eigenvalue weighted by molar-refractivity contribution is 0.269. The highest BCUT2D eigenvalue weighted by molar-refractivity contribution is 5.23. The summed E-state index contributed by atoms with van der Waals surface area (Å²) in [4.78, 5) is 0. The first-order valence-electron chi connectivity index (χ1n) is 6.31. The van der Waals surface area contributed by atoms with E-state index in [0.29, 0.717) is 18.0 Å². The van der Waals surface area contributed by atoms with Gasteiger partial charge in [-0.1, -0.05) is 18.2 Å². The van der Waals surface area contributed by atoms with Crippen LogP contribution in [0, 0.1) is 5.82 Å². The van der Waals surface area contributed by atoms with Crippen LogP contribution in [0.5, 0.6) is 0 Å². The Labute approximate surface area is 103 Å². The molecule has 0 aromatic heterocycles. The van der Waals surface area contributed by atoms with E-state index in [1.807, 2.05) is 12.1 Å². The van der Waals surface area contributed by atoms with Crippen molar-refractivity contribution in [1.29, 1.82) is 0 Å². The minimum Gasteiger partial charge on any atom is -0.311 e. The maximum atomic E-state index is 13.1. The highest BCUT2D eigenvalue weighted by Crippen LogP contribution is 2.37. The molecule has 1 unspecified atom stereocenters. The Balaban J connectivity index is 1.80. The third kappa shape index (κ3) is 3.16. The lowest BCUT2D eigenvalue weighted by Gasteiger charge is -2.38. The summed E-state index contributed by atoms with van der Waals surface area (Å²) < 4.78 is 13.1. The predicted molar refractivity (Wildman–Crippen MR) is 69.6 cm³/mol. The van der Waals surface area contributed by atoms with Crippen molar-refractivity contribution in [2.45, 2.75) is 44.2 Å². The molecule has 1 fully saturated rings. The summed E-state index contributed by atoms with van der Waals surface area (Å²) in [5.74, 6) is 0.401. The molecular weight excluding hydrogens is 213 g/mol. The molecule has 0 amide bonds. The summed E-state index contributed by atoms with van der Waals surface area (Å²) in [5, 5.41) is 3.57. The van der Waals surface area contributed by atoms with Crippen LogP contribution in [-0.4, -0.2) is 12.1 Å². The van der Waals surface area contributed by atoms with Gasteiger partial charge in [-0.05, 0) is 49.8 Å². The fourth-order valence-electron chi connectivity index (χ4n) is 2.51. The molecule has 1 aliphatic rings. The second-order valence-corrected chi connectivity index (χ2v) is 5.01. The number of halogens is 1. The van der Waals surface area contributed by atoms with Crippen molar-refractivity contribution in [2.24, 2.45) is 0 Å². The van der Waals surface area contributed by atoms with Gasteiger partial charge in [0.05, 0.1) is 0 Å². The van der Waals surface area contributed by atoms with Gasteiger partial charge >= 0.3 is 0 Å². The topological polar surface area (TPSA) is 12.0 Å². The van der Waals surface area contributed by atoms with Gasteiger partial charge < -0.3 is 5.32 Å². The smallest absolute Gasteiger partial charge is 0.123 e. The van der Waals surface area contributed by atoms with Crippen molar-refractivity contribution in [3.63, 3.8) is 0 Å². The number of rotatable bonds is 5. The average molecular weight is 233 g/mol. The summed E-state index contributed by atoms with van der Waals surface area (Å²) in [7, 11) is 0. The molecule has 1 aromatic rings. The van der Waals surface area contributed by atoms with Gasteiger partial charge in [-0.2, -0.15) is 0 Å². The van der Waals surface area contributed by atoms with Crippen LogP contribution in [0.3, 0.4) is 0 Å². The molecule has 0 aliphatic heterocycles. The van der Waals surface area contributed by atoms with Crippen LogP contribution < -0.4 is 5.32 Å². The second-order valence-electron chi connectivity index (χ2n) is 5.01. The summed E-state index contributed by atoms with van der Waals surface area (Å²) in [6.07, 6.45) is 5.18. The van der Waals surface area contributed by atoms with Gasteiger partial charge in [-0.15, -0.1) is 6.58 Å². The Morgan fingerprint density at radius 2 is 2.29 bits per heavy atom. The summed E-state index contributed by atoms with van der Waals surface area (Å²) in [5.41, 5.74) is 1.14. The molecule has 92 valence electrons. The molecule has 2 rings (SSSR count). The van der Waals surface area contributed by atoms with E-state index in [2.05, 4.69) is 18.8 Å². The SMILES string of the molecule is C=CCC(C)NC1CC(c2cccc(F)c2)C1. The number of hydrogen-bond acceptors (Lipinski definition) is 1. The monoisotopic (exact) mass is 233 g/mol. The molecule has 1 nitrogen and oxygen atoms in total. The molecule has 2 heteroatoms. The summed E-state index contributed by atoms with van der Waals surface area (Å²) >= 11 is 0. The van der Waals surface area contributed by atoms with Gasteiger partial charge in [0.25, 0.3) is 0 Å². The molecule has 1 aliphatic carbocycles. The third-order valence-electron chi connectivity index (χ3n) is 3.50. The highest BCUT2D eigenvalue weighted by Gasteiger charge is 2.30. The van der Waals surface area contributed by atoms with Gasteiger partial charge in [0.2, 0.25) is 0 Å². The fraction of sp³-hybridized carbons (Fsp3) is 0.467. The van der Waals surface area contributed by atoms with Crippen LogP contribution in [0.2, 0.25) is 0 Å². The van der Waals surface area contributed by atoms with Crippen LogP contribution in [-0.2, 0) is 0 Å². The van der Waals surface area contributed by atoms with Gasteiger partial charge in [-0.3, -0.25) is 0 Å². The average Bonchev–Trinajstić information content (AvgIpc) is 2.23. The van der Waals surface area contributed by atoms with E-state index < -0.39 is 0 Å². The van der Waals surface area contributed by atoms with E-state index in [4.69, 9.17) is 0 Å². The first-order valence-corrected chi connectivity index (χ1v) is 6.31. The van der Waals surface area contributed by atoms with Crippen LogP contribution in [0.25, 0.3) is 0 Å². The highest BCUT2D eigenvalue weighted by atomic mass is 19.1. The third-order valence-corrected chi connectivity index (χ3v) is 3.50. The van der Waals surface area contributed by atoms with E-state index >= 15 is 0 Å². The minimum absolute atomic E-state index is 0.126. The minimum atomic E-state index is -0.126. The molecule has 0 heterocycles. The molecule has 1 saturated carbocycles. The van der Waals surface area contributed by atoms with Crippen molar-refractivity contribution < 1.29 is 4.39 Å². The van der Waals surface area contributed by atoms with Gasteiger partial charge in [0.15, 0.2) is 0 Å². The number of nitrogens with one attached hydrogen (secondary N) is 1. The Morgan fingerprint density at radius 3 is 2.94 bits per heavy atom. The molecule has 0 bridgehead atoms. The first-order chi connectivity index (χ1) is 8.19. The van der Waals surface area contributed by atoms with Crippen molar-refractivity contribution in [3.8, 4) is 0 Å². The molecular formula is C15H20FN. The van der Waals surface area contributed by atoms with E-state index in [9.17, 15) is 4.39 Å². The van der Waals surface area contributed by atoms with Crippen LogP contribution in [0.15, 0.2) is 36.9 Å². The van der Waals surface area contributed by atoms with Crippen LogP contribution in [0.1, 0.15) is 37.7 Å². The second kappa shape index (κ2) is 5.46. The number of benzene rings is 1. The van der Waals surface area contributed by atoms with Crippen LogP contribution in [0.4, 0.5) is 4.39 Å². The van der Waals surface area contributed by atoms with Crippen molar-refractivity contribution >= 4 is 0 Å². The van der Waals surface area contributed by atoms with E-state index in [1.165, 1.54) is 6.07 Å². The quantitative estimate of drug-likeness (QED) is 0.766. The fourth-order valence-corrected chi connectivity index (χ4v) is 2.51. The zero-order chi connectivity index (χ0) is 12.3. The van der Waals surface area contributed by atoms with E-state index in [-0.39, 0.29) is 5.82 Å². The summed E-state index contributed by atoms with van der Waals surface area (Å²) in [6, 6.07) is 8.06. The molecule has 1 atom stereocenters. The first kappa shape index (κ1) is 12.3. The van der Waals surface area contributed by atoms with Crippen molar-refractivity contribution in [3.05, 3.63) is 48.3 Å².